The number of aliphatic hydroxyl groups is 1. The van der Waals surface area contributed by atoms with Crippen molar-refractivity contribution in [3.8, 4) is 0 Å². The minimum absolute atomic E-state index is 0.110. The van der Waals surface area contributed by atoms with Crippen molar-refractivity contribution in [1.29, 1.82) is 0 Å². The summed E-state index contributed by atoms with van der Waals surface area (Å²) in [6, 6.07) is 8.40. The van der Waals surface area contributed by atoms with Crippen LogP contribution in [0.15, 0.2) is 36.4 Å². The van der Waals surface area contributed by atoms with Crippen LogP contribution in [0.1, 0.15) is 37.4 Å². The highest BCUT2D eigenvalue weighted by atomic mass is 16.3. The van der Waals surface area contributed by atoms with E-state index >= 15 is 0 Å². The van der Waals surface area contributed by atoms with Gasteiger partial charge in [-0.15, -0.1) is 0 Å². The van der Waals surface area contributed by atoms with E-state index in [4.69, 9.17) is 5.11 Å². The van der Waals surface area contributed by atoms with Gasteiger partial charge in [-0.2, -0.15) is 0 Å². The number of rotatable bonds is 6. The molecule has 1 unspecified atom stereocenters. The van der Waals surface area contributed by atoms with Crippen molar-refractivity contribution in [1.82, 2.24) is 5.32 Å². The molecular formula is C14H21NO. The van der Waals surface area contributed by atoms with Gasteiger partial charge in [-0.1, -0.05) is 36.4 Å². The lowest BCUT2D eigenvalue weighted by Gasteiger charge is -2.14. The molecule has 1 atom stereocenters. The van der Waals surface area contributed by atoms with Crippen molar-refractivity contribution in [2.24, 2.45) is 0 Å². The van der Waals surface area contributed by atoms with Crippen LogP contribution in [0.25, 0.3) is 0 Å². The molecule has 0 amide bonds. The second kappa shape index (κ2) is 7.20. The molecule has 88 valence electrons. The molecule has 0 aliphatic heterocycles. The Balaban J connectivity index is 2.48. The third-order valence-corrected chi connectivity index (χ3v) is 2.63. The molecule has 0 fully saturated rings. The lowest BCUT2D eigenvalue weighted by atomic mass is 10.1. The van der Waals surface area contributed by atoms with E-state index in [1.54, 1.807) is 0 Å². The quantitative estimate of drug-likeness (QED) is 0.569. The maximum absolute atomic E-state index is 9.06. The normalized spacial score (nSPS) is 13.2. The number of benzene rings is 1. The van der Waals surface area contributed by atoms with Crippen molar-refractivity contribution in [3.63, 3.8) is 0 Å². The van der Waals surface area contributed by atoms with E-state index in [1.807, 2.05) is 25.1 Å². The van der Waals surface area contributed by atoms with Gasteiger partial charge in [0.05, 0.1) is 6.61 Å². The van der Waals surface area contributed by atoms with Gasteiger partial charge >= 0.3 is 0 Å². The van der Waals surface area contributed by atoms with Gasteiger partial charge in [0, 0.05) is 6.04 Å². The molecule has 2 nitrogen and oxygen atoms in total. The van der Waals surface area contributed by atoms with Gasteiger partial charge in [0.25, 0.3) is 0 Å². The van der Waals surface area contributed by atoms with Crippen molar-refractivity contribution in [3.05, 3.63) is 47.5 Å². The van der Waals surface area contributed by atoms with Crippen LogP contribution in [0.4, 0.5) is 0 Å². The van der Waals surface area contributed by atoms with Gasteiger partial charge < -0.3 is 10.4 Å². The molecule has 0 aliphatic rings. The van der Waals surface area contributed by atoms with Gasteiger partial charge in [0.2, 0.25) is 0 Å². The van der Waals surface area contributed by atoms with Crippen LogP contribution >= 0.6 is 0 Å². The standard InChI is InChI=1S/C14H21NO/c1-3-4-5-9-15-12(2)14-8-6-7-13(10-14)11-16/h3-4,6-8,10,12,15-16H,5,9,11H2,1-2H3/b4-3+. The molecule has 2 heteroatoms. The Morgan fingerprint density at radius 2 is 2.25 bits per heavy atom. The second-order valence-corrected chi connectivity index (χ2v) is 3.94. The molecule has 1 aromatic carbocycles. The first-order valence-electron chi connectivity index (χ1n) is 5.82. The van der Waals surface area contributed by atoms with Crippen molar-refractivity contribution in [2.45, 2.75) is 32.9 Å². The van der Waals surface area contributed by atoms with Gasteiger partial charge in [-0.25, -0.2) is 0 Å². The van der Waals surface area contributed by atoms with Crippen LogP contribution in [0, 0.1) is 0 Å². The Labute approximate surface area is 98.0 Å². The minimum Gasteiger partial charge on any atom is -0.392 e. The minimum atomic E-state index is 0.110. The summed E-state index contributed by atoms with van der Waals surface area (Å²) in [4.78, 5) is 0. The van der Waals surface area contributed by atoms with Crippen molar-refractivity contribution >= 4 is 0 Å². The SMILES string of the molecule is C/C=C/CCNC(C)c1cccc(CO)c1. The summed E-state index contributed by atoms with van der Waals surface area (Å²) in [5, 5.41) is 12.5. The van der Waals surface area contributed by atoms with Crippen LogP contribution in [0.3, 0.4) is 0 Å². The first kappa shape index (κ1) is 12.9. The van der Waals surface area contributed by atoms with Crippen LogP contribution in [0.5, 0.6) is 0 Å². The molecule has 16 heavy (non-hydrogen) atoms. The molecular weight excluding hydrogens is 198 g/mol. The van der Waals surface area contributed by atoms with Crippen LogP contribution in [-0.4, -0.2) is 11.7 Å². The highest BCUT2D eigenvalue weighted by Crippen LogP contribution is 2.14. The molecule has 0 aliphatic carbocycles. The van der Waals surface area contributed by atoms with E-state index in [9.17, 15) is 0 Å². The predicted octanol–water partition coefficient (Wildman–Crippen LogP) is 2.80. The lowest BCUT2D eigenvalue weighted by Crippen LogP contribution is -2.19. The zero-order valence-electron chi connectivity index (χ0n) is 10.1. The second-order valence-electron chi connectivity index (χ2n) is 3.94. The van der Waals surface area contributed by atoms with Gasteiger partial charge in [-0.05, 0) is 37.9 Å². The first-order valence-corrected chi connectivity index (χ1v) is 5.82. The molecule has 1 aromatic rings. The van der Waals surface area contributed by atoms with E-state index in [0.717, 1.165) is 18.5 Å². The number of allylic oxidation sites excluding steroid dienone is 1. The Hall–Kier alpha value is -1.12. The number of aliphatic hydroxyl groups excluding tert-OH is 1. The predicted molar refractivity (Wildman–Crippen MR) is 68.2 cm³/mol. The van der Waals surface area contributed by atoms with Crippen LogP contribution < -0.4 is 5.32 Å². The average Bonchev–Trinajstić information content (AvgIpc) is 2.34. The highest BCUT2D eigenvalue weighted by molar-refractivity contribution is 5.25. The zero-order chi connectivity index (χ0) is 11.8. The topological polar surface area (TPSA) is 32.3 Å². The van der Waals surface area contributed by atoms with Crippen molar-refractivity contribution in [2.75, 3.05) is 6.54 Å². The fourth-order valence-corrected chi connectivity index (χ4v) is 1.63. The number of hydrogen-bond acceptors (Lipinski definition) is 2. The zero-order valence-corrected chi connectivity index (χ0v) is 10.1. The molecule has 0 spiro atoms. The number of nitrogens with one attached hydrogen (secondary N) is 1. The Kier molecular flexibility index (Phi) is 5.83. The summed E-state index contributed by atoms with van der Waals surface area (Å²) in [6.45, 7) is 5.27. The largest absolute Gasteiger partial charge is 0.392 e. The first-order chi connectivity index (χ1) is 7.77. The van der Waals surface area contributed by atoms with Crippen molar-refractivity contribution < 1.29 is 5.11 Å². The average molecular weight is 219 g/mol. The van der Waals surface area contributed by atoms with E-state index in [1.165, 1.54) is 5.56 Å². The molecule has 0 aromatic heterocycles. The smallest absolute Gasteiger partial charge is 0.0681 e. The maximum atomic E-state index is 9.06. The maximum Gasteiger partial charge on any atom is 0.0681 e. The summed E-state index contributed by atoms with van der Waals surface area (Å²) < 4.78 is 0. The fraction of sp³-hybridized carbons (Fsp3) is 0.429. The molecule has 1 rings (SSSR count). The molecule has 0 saturated carbocycles. The fourth-order valence-electron chi connectivity index (χ4n) is 1.63. The summed E-state index contributed by atoms with van der Waals surface area (Å²) in [5.74, 6) is 0. The van der Waals surface area contributed by atoms with E-state index in [-0.39, 0.29) is 6.61 Å². The van der Waals surface area contributed by atoms with Crippen LogP contribution in [0.2, 0.25) is 0 Å². The highest BCUT2D eigenvalue weighted by Gasteiger charge is 2.03. The molecule has 0 radical (unpaired) electrons. The summed E-state index contributed by atoms with van der Waals surface area (Å²) in [7, 11) is 0. The Morgan fingerprint density at radius 3 is 2.94 bits per heavy atom. The van der Waals surface area contributed by atoms with Crippen LogP contribution in [-0.2, 0) is 6.61 Å². The summed E-state index contributed by atoms with van der Waals surface area (Å²) >= 11 is 0. The Bertz CT molecular complexity index is 333. The summed E-state index contributed by atoms with van der Waals surface area (Å²) in [5.41, 5.74) is 2.20. The number of hydrogen-bond donors (Lipinski definition) is 2. The lowest BCUT2D eigenvalue weighted by molar-refractivity contribution is 0.281. The molecule has 2 N–H and O–H groups in total. The molecule has 0 saturated heterocycles. The molecule has 0 heterocycles. The van der Waals surface area contributed by atoms with Gasteiger partial charge in [0.1, 0.15) is 0 Å². The summed E-state index contributed by atoms with van der Waals surface area (Å²) in [6.07, 6.45) is 5.28. The van der Waals surface area contributed by atoms with E-state index in [0.29, 0.717) is 6.04 Å². The third kappa shape index (κ3) is 4.17. The monoisotopic (exact) mass is 219 g/mol. The molecule has 0 bridgehead atoms. The van der Waals surface area contributed by atoms with E-state index in [2.05, 4.69) is 30.5 Å². The Morgan fingerprint density at radius 1 is 1.44 bits per heavy atom. The van der Waals surface area contributed by atoms with Gasteiger partial charge in [0.15, 0.2) is 0 Å². The van der Waals surface area contributed by atoms with Gasteiger partial charge in [-0.3, -0.25) is 0 Å². The van der Waals surface area contributed by atoms with E-state index < -0.39 is 0 Å². The third-order valence-electron chi connectivity index (χ3n) is 2.63.